The number of halogens is 3. The van der Waals surface area contributed by atoms with Crippen molar-refractivity contribution in [3.63, 3.8) is 0 Å². The van der Waals surface area contributed by atoms with Crippen LogP contribution in [0.25, 0.3) is 0 Å². The molecular weight excluding hydrogens is 467 g/mol. The van der Waals surface area contributed by atoms with Crippen molar-refractivity contribution < 1.29 is 14.7 Å². The van der Waals surface area contributed by atoms with E-state index in [0.717, 1.165) is 4.68 Å². The molecule has 2 aromatic carbocycles. The summed E-state index contributed by atoms with van der Waals surface area (Å²) in [6.45, 7) is 0. The van der Waals surface area contributed by atoms with Gasteiger partial charge in [-0.3, -0.25) is 14.6 Å². The van der Waals surface area contributed by atoms with Gasteiger partial charge in [-0.05, 0) is 24.3 Å². The number of carbonyl (C=O) groups excluding carboxylic acids is 2. The van der Waals surface area contributed by atoms with Crippen molar-refractivity contribution in [1.29, 1.82) is 0 Å². The number of urea groups is 1. The van der Waals surface area contributed by atoms with Gasteiger partial charge in [-0.1, -0.05) is 46.9 Å². The molecule has 0 spiro atoms. The summed E-state index contributed by atoms with van der Waals surface area (Å²) in [4.78, 5) is 28.0. The minimum atomic E-state index is -0.645. The second-order valence-electron chi connectivity index (χ2n) is 6.55. The molecular formula is C19H13Cl3N6O3. The molecule has 1 aliphatic rings. The van der Waals surface area contributed by atoms with E-state index in [4.69, 9.17) is 34.8 Å². The number of aromatic nitrogens is 2. The molecule has 0 radical (unpaired) electrons. The maximum Gasteiger partial charge on any atom is 0.330 e. The summed E-state index contributed by atoms with van der Waals surface area (Å²) in [6.07, 6.45) is 0. The fourth-order valence-corrected chi connectivity index (χ4v) is 3.95. The highest BCUT2D eigenvalue weighted by Gasteiger charge is 2.38. The zero-order valence-corrected chi connectivity index (χ0v) is 18.3. The molecule has 0 atom stereocenters. The maximum atomic E-state index is 13.1. The third-order valence-electron chi connectivity index (χ3n) is 4.59. The first-order valence-electron chi connectivity index (χ1n) is 8.74. The van der Waals surface area contributed by atoms with Crippen molar-refractivity contribution >= 4 is 69.8 Å². The van der Waals surface area contributed by atoms with Gasteiger partial charge in [0.2, 0.25) is 0 Å². The van der Waals surface area contributed by atoms with Gasteiger partial charge < -0.3 is 5.11 Å². The molecule has 1 N–H and O–H groups in total. The second kappa shape index (κ2) is 7.84. The maximum absolute atomic E-state index is 13.1. The first kappa shape index (κ1) is 21.1. The summed E-state index contributed by atoms with van der Waals surface area (Å²) in [5.74, 6) is -0.684. The molecule has 0 saturated carbocycles. The number of benzene rings is 2. The number of aromatic hydroxyl groups is 1. The largest absolute Gasteiger partial charge is 0.507 e. The van der Waals surface area contributed by atoms with Crippen LogP contribution in [0.4, 0.5) is 27.8 Å². The number of anilines is 2. The van der Waals surface area contributed by atoms with Crippen LogP contribution in [-0.4, -0.2) is 40.9 Å². The Bertz CT molecular complexity index is 1250. The van der Waals surface area contributed by atoms with E-state index >= 15 is 0 Å². The molecule has 158 valence electrons. The smallest absolute Gasteiger partial charge is 0.330 e. The van der Waals surface area contributed by atoms with Crippen molar-refractivity contribution in [2.45, 2.75) is 0 Å². The van der Waals surface area contributed by atoms with Crippen molar-refractivity contribution in [2.75, 3.05) is 23.9 Å². The molecule has 0 fully saturated rings. The number of rotatable bonds is 3. The third kappa shape index (κ3) is 3.50. The monoisotopic (exact) mass is 478 g/mol. The molecule has 12 heteroatoms. The lowest BCUT2D eigenvalue weighted by atomic mass is 10.2. The lowest BCUT2D eigenvalue weighted by Gasteiger charge is -2.26. The van der Waals surface area contributed by atoms with Gasteiger partial charge in [-0.15, -0.1) is 15.3 Å². The van der Waals surface area contributed by atoms with Crippen LogP contribution in [0.5, 0.6) is 5.75 Å². The number of hydrogen-bond acceptors (Lipinski definition) is 6. The van der Waals surface area contributed by atoms with Gasteiger partial charge in [0, 0.05) is 19.1 Å². The fourth-order valence-electron chi connectivity index (χ4n) is 3.05. The van der Waals surface area contributed by atoms with E-state index in [2.05, 4.69) is 15.3 Å². The van der Waals surface area contributed by atoms with E-state index in [0.29, 0.717) is 5.02 Å². The molecule has 9 nitrogen and oxygen atoms in total. The Morgan fingerprint density at radius 2 is 1.61 bits per heavy atom. The second-order valence-corrected chi connectivity index (χ2v) is 7.80. The predicted molar refractivity (Wildman–Crippen MR) is 118 cm³/mol. The quantitative estimate of drug-likeness (QED) is 0.490. The Morgan fingerprint density at radius 1 is 1.00 bits per heavy atom. The van der Waals surface area contributed by atoms with Crippen molar-refractivity contribution in [3.8, 4) is 5.75 Å². The van der Waals surface area contributed by atoms with Crippen LogP contribution in [0.1, 0.15) is 10.4 Å². The molecule has 0 unspecified atom stereocenters. The lowest BCUT2D eigenvalue weighted by Crippen LogP contribution is -2.41. The number of hydrogen-bond donors (Lipinski definition) is 1. The highest BCUT2D eigenvalue weighted by atomic mass is 35.5. The van der Waals surface area contributed by atoms with Crippen molar-refractivity contribution in [2.24, 2.45) is 10.2 Å². The standard InChI is InChI=1S/C19H13Cl3N6O3/c1-26-16-15(24-23-14-11(21)7-9(20)8-12(14)22)17(27(2)19(26)31)28(25-16)18(30)10-5-3-4-6-13(10)29/h3-8,29H,1-2H3. The number of phenols is 1. The number of phenolic OH excluding ortho intramolecular Hbond substituents is 1. The zero-order valence-electron chi connectivity index (χ0n) is 16.0. The van der Waals surface area contributed by atoms with Gasteiger partial charge in [-0.2, -0.15) is 4.68 Å². The Labute approximate surface area is 191 Å². The molecule has 2 heterocycles. The third-order valence-corrected chi connectivity index (χ3v) is 5.38. The lowest BCUT2D eigenvalue weighted by molar-refractivity contribution is 0.0945. The van der Waals surface area contributed by atoms with Crippen LogP contribution >= 0.6 is 34.8 Å². The number of para-hydroxylation sites is 1. The van der Waals surface area contributed by atoms with E-state index in [1.54, 1.807) is 12.1 Å². The Kier molecular flexibility index (Phi) is 5.34. The van der Waals surface area contributed by atoms with Crippen LogP contribution in [-0.2, 0) is 0 Å². The molecule has 0 saturated heterocycles. The number of carbonyl (C=O) groups is 2. The van der Waals surface area contributed by atoms with Crippen molar-refractivity contribution in [1.82, 2.24) is 9.78 Å². The van der Waals surface area contributed by atoms with Crippen LogP contribution in [0.2, 0.25) is 15.1 Å². The SMILES string of the molecule is CN1C(=O)N(C)c2c(N=Nc3c(Cl)cc(Cl)cc3Cl)c1nn2C(=O)c1ccccc1O. The molecule has 4 rings (SSSR count). The molecule has 0 aliphatic carbocycles. The first-order valence-corrected chi connectivity index (χ1v) is 9.87. The summed E-state index contributed by atoms with van der Waals surface area (Å²) in [5, 5.41) is 23.3. The average molecular weight is 480 g/mol. The summed E-state index contributed by atoms with van der Waals surface area (Å²) >= 11 is 18.2. The minimum absolute atomic E-state index is 0.00970. The molecule has 1 aromatic heterocycles. The number of nitrogens with zero attached hydrogens (tertiary/aromatic N) is 6. The minimum Gasteiger partial charge on any atom is -0.507 e. The average Bonchev–Trinajstić information content (AvgIpc) is 3.06. The Hall–Kier alpha value is -3.14. The summed E-state index contributed by atoms with van der Waals surface area (Å²) in [5.41, 5.74) is 0.326. The van der Waals surface area contributed by atoms with Gasteiger partial charge in [0.15, 0.2) is 17.3 Å². The summed E-state index contributed by atoms with van der Waals surface area (Å²) < 4.78 is 0.991. The molecule has 3 aromatic rings. The highest BCUT2D eigenvalue weighted by Crippen LogP contribution is 2.44. The summed E-state index contributed by atoms with van der Waals surface area (Å²) in [7, 11) is 2.95. The number of amides is 2. The van der Waals surface area contributed by atoms with Crippen molar-refractivity contribution in [3.05, 3.63) is 57.0 Å². The normalized spacial score (nSPS) is 13.4. The van der Waals surface area contributed by atoms with Crippen LogP contribution in [0, 0.1) is 0 Å². The van der Waals surface area contributed by atoms with Crippen LogP contribution < -0.4 is 9.80 Å². The predicted octanol–water partition coefficient (Wildman–Crippen LogP) is 5.66. The molecule has 31 heavy (non-hydrogen) atoms. The summed E-state index contributed by atoms with van der Waals surface area (Å²) in [6, 6.07) is 8.51. The molecule has 1 aliphatic heterocycles. The van der Waals surface area contributed by atoms with Crippen LogP contribution in [0.3, 0.4) is 0 Å². The van der Waals surface area contributed by atoms with E-state index in [-0.39, 0.29) is 44.4 Å². The van der Waals surface area contributed by atoms with E-state index in [1.807, 2.05) is 0 Å². The van der Waals surface area contributed by atoms with Crippen LogP contribution in [0.15, 0.2) is 46.6 Å². The highest BCUT2D eigenvalue weighted by molar-refractivity contribution is 6.41. The van der Waals surface area contributed by atoms with Gasteiger partial charge in [-0.25, -0.2) is 4.79 Å². The van der Waals surface area contributed by atoms with E-state index in [9.17, 15) is 14.7 Å². The zero-order chi connectivity index (χ0) is 22.4. The van der Waals surface area contributed by atoms with Gasteiger partial charge in [0.05, 0.1) is 15.6 Å². The van der Waals surface area contributed by atoms with Gasteiger partial charge in [0.1, 0.15) is 11.4 Å². The van der Waals surface area contributed by atoms with E-state index in [1.165, 1.54) is 48.2 Å². The first-order chi connectivity index (χ1) is 14.7. The molecule has 2 bridgehead atoms. The number of azo groups is 1. The van der Waals surface area contributed by atoms with E-state index < -0.39 is 11.9 Å². The Balaban J connectivity index is 1.87. The Morgan fingerprint density at radius 3 is 2.26 bits per heavy atom. The fraction of sp³-hybridized carbons (Fsp3) is 0.105. The number of fused-ring (bicyclic) bond motifs is 2. The topological polar surface area (TPSA) is 103 Å². The van der Waals surface area contributed by atoms with Gasteiger partial charge >= 0.3 is 6.03 Å². The van der Waals surface area contributed by atoms with Gasteiger partial charge in [0.25, 0.3) is 5.91 Å². The molecule has 2 amide bonds.